The van der Waals surface area contributed by atoms with Gasteiger partial charge in [-0.15, -0.1) is 0 Å². The highest BCUT2D eigenvalue weighted by Gasteiger charge is 2.47. The maximum atomic E-state index is 13.4. The molecule has 1 N–H and O–H groups in total. The van der Waals surface area contributed by atoms with E-state index in [4.69, 9.17) is 0 Å². The summed E-state index contributed by atoms with van der Waals surface area (Å²) in [5.41, 5.74) is 1.17. The zero-order chi connectivity index (χ0) is 17.5. The van der Waals surface area contributed by atoms with Crippen LogP contribution in [0.3, 0.4) is 0 Å². The number of carbonyl (C=O) groups excluding carboxylic acids is 1. The number of amides is 2. The van der Waals surface area contributed by atoms with Crippen LogP contribution in [0.15, 0.2) is 18.2 Å². The van der Waals surface area contributed by atoms with Gasteiger partial charge in [0.25, 0.3) is 0 Å². The number of rotatable bonds is 2. The molecule has 3 rings (SSSR count). The number of hydrogen-bond acceptors (Lipinski definition) is 4. The summed E-state index contributed by atoms with van der Waals surface area (Å²) in [6.45, 7) is 5.64. The average Bonchev–Trinajstić information content (AvgIpc) is 2.84. The highest BCUT2D eigenvalue weighted by atomic mass is 32.2. The van der Waals surface area contributed by atoms with Gasteiger partial charge in [0.2, 0.25) is 0 Å². The SMILES string of the molecule is CCN1CCN(C(=O)Nc2cc(F)ccc2C)[C@H]2CS(=O)(=O)C[C@H]21. The first-order valence-electron chi connectivity index (χ1n) is 8.09. The highest BCUT2D eigenvalue weighted by Crippen LogP contribution is 2.27. The molecular formula is C16H22FN3O3S. The lowest BCUT2D eigenvalue weighted by Crippen LogP contribution is -2.61. The van der Waals surface area contributed by atoms with Crippen molar-refractivity contribution in [1.29, 1.82) is 0 Å². The third kappa shape index (κ3) is 3.25. The number of sulfone groups is 1. The van der Waals surface area contributed by atoms with Gasteiger partial charge in [-0.25, -0.2) is 17.6 Å². The quantitative estimate of drug-likeness (QED) is 0.872. The van der Waals surface area contributed by atoms with Crippen molar-refractivity contribution in [2.24, 2.45) is 0 Å². The Labute approximate surface area is 141 Å². The van der Waals surface area contributed by atoms with Crippen molar-refractivity contribution in [3.05, 3.63) is 29.6 Å². The average molecular weight is 355 g/mol. The van der Waals surface area contributed by atoms with E-state index in [1.54, 1.807) is 17.9 Å². The van der Waals surface area contributed by atoms with Crippen LogP contribution >= 0.6 is 0 Å². The molecule has 2 saturated heterocycles. The van der Waals surface area contributed by atoms with Crippen molar-refractivity contribution in [3.63, 3.8) is 0 Å². The molecule has 1 aromatic carbocycles. The molecule has 0 spiro atoms. The van der Waals surface area contributed by atoms with Gasteiger partial charge in [-0.2, -0.15) is 0 Å². The molecular weight excluding hydrogens is 333 g/mol. The summed E-state index contributed by atoms with van der Waals surface area (Å²) in [6.07, 6.45) is 0. The lowest BCUT2D eigenvalue weighted by Gasteiger charge is -2.43. The standard InChI is InChI=1S/C16H22FN3O3S/c1-3-19-6-7-20(15-10-24(22,23)9-14(15)19)16(21)18-13-8-12(17)5-4-11(13)2/h4-5,8,14-15H,3,6-7,9-10H2,1-2H3,(H,18,21)/t14-,15+/m1/s1. The van der Waals surface area contributed by atoms with Crippen LogP contribution in [0, 0.1) is 12.7 Å². The Balaban J connectivity index is 1.81. The molecule has 2 heterocycles. The minimum absolute atomic E-state index is 0.0102. The van der Waals surface area contributed by atoms with E-state index >= 15 is 0 Å². The number of likely N-dealkylation sites (N-methyl/N-ethyl adjacent to an activating group) is 1. The van der Waals surface area contributed by atoms with E-state index < -0.39 is 15.7 Å². The minimum atomic E-state index is -3.15. The van der Waals surface area contributed by atoms with Crippen molar-refractivity contribution in [2.45, 2.75) is 25.9 Å². The Morgan fingerprint density at radius 2 is 2.00 bits per heavy atom. The first-order valence-corrected chi connectivity index (χ1v) is 9.91. The summed E-state index contributed by atoms with van der Waals surface area (Å²) in [5, 5.41) is 2.73. The van der Waals surface area contributed by atoms with E-state index in [1.807, 2.05) is 6.92 Å². The normalized spacial score (nSPS) is 26.2. The lowest BCUT2D eigenvalue weighted by molar-refractivity contribution is 0.0744. The van der Waals surface area contributed by atoms with E-state index in [1.165, 1.54) is 12.1 Å². The number of benzene rings is 1. The smallest absolute Gasteiger partial charge is 0.318 e. The maximum absolute atomic E-state index is 13.4. The van der Waals surface area contributed by atoms with Crippen LogP contribution in [-0.2, 0) is 9.84 Å². The van der Waals surface area contributed by atoms with Crippen LogP contribution in [-0.4, -0.2) is 67.5 Å². The van der Waals surface area contributed by atoms with Gasteiger partial charge in [-0.3, -0.25) is 4.90 Å². The van der Waals surface area contributed by atoms with Crippen LogP contribution in [0.25, 0.3) is 0 Å². The van der Waals surface area contributed by atoms with Crippen LogP contribution in [0.4, 0.5) is 14.9 Å². The third-order valence-electron chi connectivity index (χ3n) is 4.90. The zero-order valence-corrected chi connectivity index (χ0v) is 14.6. The van der Waals surface area contributed by atoms with Crippen molar-refractivity contribution < 1.29 is 17.6 Å². The molecule has 24 heavy (non-hydrogen) atoms. The second-order valence-corrected chi connectivity index (χ2v) is 8.58. The van der Waals surface area contributed by atoms with Gasteiger partial charge in [-0.05, 0) is 31.2 Å². The monoisotopic (exact) mass is 355 g/mol. The lowest BCUT2D eigenvalue weighted by atomic mass is 10.1. The summed E-state index contributed by atoms with van der Waals surface area (Å²) in [7, 11) is -3.15. The van der Waals surface area contributed by atoms with Crippen LogP contribution in [0.5, 0.6) is 0 Å². The Hall–Kier alpha value is -1.67. The second-order valence-electron chi connectivity index (χ2n) is 6.42. The van der Waals surface area contributed by atoms with Crippen molar-refractivity contribution in [2.75, 3.05) is 36.5 Å². The predicted octanol–water partition coefficient (Wildman–Crippen LogP) is 1.47. The number of fused-ring (bicyclic) bond motifs is 1. The van der Waals surface area contributed by atoms with Crippen molar-refractivity contribution in [1.82, 2.24) is 9.80 Å². The number of anilines is 1. The van der Waals surface area contributed by atoms with E-state index in [-0.39, 0.29) is 29.6 Å². The molecule has 2 fully saturated rings. The van der Waals surface area contributed by atoms with Crippen molar-refractivity contribution >= 4 is 21.6 Å². The molecule has 0 aromatic heterocycles. The molecule has 2 aliphatic heterocycles. The fourth-order valence-corrected chi connectivity index (χ4v) is 5.60. The van der Waals surface area contributed by atoms with Gasteiger partial charge in [0, 0.05) is 24.8 Å². The molecule has 0 aliphatic carbocycles. The summed E-state index contributed by atoms with van der Waals surface area (Å²) >= 11 is 0. The van der Waals surface area contributed by atoms with E-state index in [0.29, 0.717) is 18.8 Å². The molecule has 0 saturated carbocycles. The van der Waals surface area contributed by atoms with Gasteiger partial charge in [0.1, 0.15) is 5.82 Å². The number of aryl methyl sites for hydroxylation is 1. The predicted molar refractivity (Wildman–Crippen MR) is 90.3 cm³/mol. The topological polar surface area (TPSA) is 69.7 Å². The maximum Gasteiger partial charge on any atom is 0.322 e. The van der Waals surface area contributed by atoms with E-state index in [2.05, 4.69) is 10.2 Å². The minimum Gasteiger partial charge on any atom is -0.318 e. The molecule has 8 heteroatoms. The summed E-state index contributed by atoms with van der Waals surface area (Å²) in [6, 6.07) is 3.34. The number of halogens is 1. The molecule has 6 nitrogen and oxygen atoms in total. The number of hydrogen-bond donors (Lipinski definition) is 1. The van der Waals surface area contributed by atoms with Gasteiger partial charge in [0.15, 0.2) is 9.84 Å². The van der Waals surface area contributed by atoms with Crippen molar-refractivity contribution in [3.8, 4) is 0 Å². The van der Waals surface area contributed by atoms with Crippen LogP contribution < -0.4 is 5.32 Å². The fraction of sp³-hybridized carbons (Fsp3) is 0.562. The second kappa shape index (κ2) is 6.33. The third-order valence-corrected chi connectivity index (χ3v) is 6.60. The number of urea groups is 1. The van der Waals surface area contributed by atoms with Gasteiger partial charge >= 0.3 is 6.03 Å². The van der Waals surface area contributed by atoms with Gasteiger partial charge < -0.3 is 10.2 Å². The Morgan fingerprint density at radius 3 is 2.71 bits per heavy atom. The largest absolute Gasteiger partial charge is 0.322 e. The molecule has 0 bridgehead atoms. The molecule has 132 valence electrons. The number of piperazine rings is 1. The van der Waals surface area contributed by atoms with E-state index in [0.717, 1.165) is 12.1 Å². The van der Waals surface area contributed by atoms with Crippen LogP contribution in [0.2, 0.25) is 0 Å². The number of nitrogens with one attached hydrogen (secondary N) is 1. The van der Waals surface area contributed by atoms with Gasteiger partial charge in [0.05, 0.1) is 17.5 Å². The summed E-state index contributed by atoms with van der Waals surface area (Å²) < 4.78 is 37.5. The Morgan fingerprint density at radius 1 is 1.29 bits per heavy atom. The molecule has 0 unspecified atom stereocenters. The summed E-state index contributed by atoms with van der Waals surface area (Å²) in [4.78, 5) is 16.4. The number of carbonyl (C=O) groups is 1. The molecule has 1 aromatic rings. The highest BCUT2D eigenvalue weighted by molar-refractivity contribution is 7.91. The van der Waals surface area contributed by atoms with E-state index in [9.17, 15) is 17.6 Å². The molecule has 2 amide bonds. The molecule has 0 radical (unpaired) electrons. The Bertz CT molecular complexity index is 753. The molecule has 2 aliphatic rings. The Kier molecular flexibility index (Phi) is 4.52. The van der Waals surface area contributed by atoms with Gasteiger partial charge in [-0.1, -0.05) is 13.0 Å². The first kappa shape index (κ1) is 17.2. The number of nitrogens with zero attached hydrogens (tertiary/aromatic N) is 2. The first-order chi connectivity index (χ1) is 11.3. The fourth-order valence-electron chi connectivity index (χ4n) is 3.59. The summed E-state index contributed by atoms with van der Waals surface area (Å²) in [5.74, 6) is -0.342. The molecule has 2 atom stereocenters. The zero-order valence-electron chi connectivity index (χ0n) is 13.8. The van der Waals surface area contributed by atoms with Crippen LogP contribution in [0.1, 0.15) is 12.5 Å².